The summed E-state index contributed by atoms with van der Waals surface area (Å²) >= 11 is 0. The van der Waals surface area contributed by atoms with Crippen molar-refractivity contribution >= 4 is 0 Å². The van der Waals surface area contributed by atoms with E-state index in [0.29, 0.717) is 6.61 Å². The summed E-state index contributed by atoms with van der Waals surface area (Å²) in [5.41, 5.74) is 0. The van der Waals surface area contributed by atoms with E-state index in [9.17, 15) is 4.39 Å². The van der Waals surface area contributed by atoms with Crippen LogP contribution >= 0.6 is 0 Å². The van der Waals surface area contributed by atoms with Gasteiger partial charge in [-0.25, -0.2) is 4.39 Å². The Bertz CT molecular complexity index is 251. The summed E-state index contributed by atoms with van der Waals surface area (Å²) < 4.78 is 35.0. The minimum Gasteiger partial charge on any atom is -0.370 e. The van der Waals surface area contributed by atoms with Crippen LogP contribution in [0.25, 0.3) is 0 Å². The standard InChI is InChI=1S/C9H13FO4/c1-9(2)13-7-5(10)6(4-3-11-4)12-8(7)14-9/h4-8H,3H2,1-2H3/t4?,5-,6+,7+,8+/m0/s1. The first-order chi connectivity index (χ1) is 6.57. The van der Waals surface area contributed by atoms with Crippen LogP contribution in [-0.2, 0) is 18.9 Å². The SMILES string of the molecule is CC1(C)O[C@H]2O[C@H](C3CO3)[C@H](F)[C@H]2O1. The van der Waals surface area contributed by atoms with Crippen LogP contribution in [0.4, 0.5) is 4.39 Å². The Balaban J connectivity index is 1.74. The molecule has 0 amide bonds. The largest absolute Gasteiger partial charge is 0.370 e. The molecule has 3 aliphatic rings. The molecule has 0 N–H and O–H groups in total. The molecule has 0 aliphatic carbocycles. The number of epoxide rings is 1. The molecule has 80 valence electrons. The molecule has 0 saturated carbocycles. The van der Waals surface area contributed by atoms with Crippen LogP contribution in [-0.4, -0.2) is 43.2 Å². The molecule has 3 rings (SSSR count). The van der Waals surface area contributed by atoms with Crippen molar-refractivity contribution in [3.05, 3.63) is 0 Å². The molecule has 3 fully saturated rings. The van der Waals surface area contributed by atoms with Gasteiger partial charge in [0.25, 0.3) is 0 Å². The molecule has 3 heterocycles. The predicted molar refractivity (Wildman–Crippen MR) is 43.3 cm³/mol. The van der Waals surface area contributed by atoms with Gasteiger partial charge in [-0.15, -0.1) is 0 Å². The Kier molecular flexibility index (Phi) is 1.72. The molecule has 0 spiro atoms. The number of halogens is 1. The third kappa shape index (κ3) is 1.27. The lowest BCUT2D eigenvalue weighted by Gasteiger charge is -2.21. The topological polar surface area (TPSA) is 40.2 Å². The second-order valence-corrected chi connectivity index (χ2v) is 4.39. The van der Waals surface area contributed by atoms with E-state index < -0.39 is 30.5 Å². The zero-order valence-corrected chi connectivity index (χ0v) is 8.10. The molecule has 5 atom stereocenters. The van der Waals surface area contributed by atoms with E-state index in [1.54, 1.807) is 13.8 Å². The molecule has 0 aromatic rings. The number of ether oxygens (including phenoxy) is 4. The Morgan fingerprint density at radius 2 is 1.93 bits per heavy atom. The van der Waals surface area contributed by atoms with Gasteiger partial charge in [-0.05, 0) is 13.8 Å². The molecular formula is C9H13FO4. The summed E-state index contributed by atoms with van der Waals surface area (Å²) in [6.45, 7) is 4.09. The van der Waals surface area contributed by atoms with Crippen LogP contribution in [0, 0.1) is 0 Å². The minimum absolute atomic E-state index is 0.106. The van der Waals surface area contributed by atoms with Crippen molar-refractivity contribution in [3.8, 4) is 0 Å². The van der Waals surface area contributed by atoms with Gasteiger partial charge in [0.15, 0.2) is 18.2 Å². The highest BCUT2D eigenvalue weighted by Gasteiger charge is 2.59. The lowest BCUT2D eigenvalue weighted by atomic mass is 10.1. The average Bonchev–Trinajstić information content (AvgIpc) is 2.81. The molecule has 0 aromatic carbocycles. The van der Waals surface area contributed by atoms with Crippen LogP contribution in [0.3, 0.4) is 0 Å². The summed E-state index contributed by atoms with van der Waals surface area (Å²) in [6.07, 6.45) is -2.94. The number of fused-ring (bicyclic) bond motifs is 1. The summed E-state index contributed by atoms with van der Waals surface area (Å²) in [5.74, 6) is -0.741. The highest BCUT2D eigenvalue weighted by Crippen LogP contribution is 2.41. The highest BCUT2D eigenvalue weighted by molar-refractivity contribution is 4.99. The van der Waals surface area contributed by atoms with Gasteiger partial charge in [-0.2, -0.15) is 0 Å². The van der Waals surface area contributed by atoms with Crippen molar-refractivity contribution in [2.75, 3.05) is 6.61 Å². The molecular weight excluding hydrogens is 191 g/mol. The summed E-state index contributed by atoms with van der Waals surface area (Å²) in [5, 5.41) is 0. The van der Waals surface area contributed by atoms with Crippen molar-refractivity contribution < 1.29 is 23.3 Å². The second-order valence-electron chi connectivity index (χ2n) is 4.39. The van der Waals surface area contributed by atoms with Gasteiger partial charge in [-0.1, -0.05) is 0 Å². The minimum atomic E-state index is -1.14. The lowest BCUT2D eigenvalue weighted by molar-refractivity contribution is -0.212. The van der Waals surface area contributed by atoms with Crippen molar-refractivity contribution in [1.82, 2.24) is 0 Å². The predicted octanol–water partition coefficient (Wildman–Crippen LogP) is 0.600. The van der Waals surface area contributed by atoms with E-state index in [1.165, 1.54) is 0 Å². The Morgan fingerprint density at radius 1 is 1.21 bits per heavy atom. The van der Waals surface area contributed by atoms with Gasteiger partial charge in [0.1, 0.15) is 18.3 Å². The number of alkyl halides is 1. The van der Waals surface area contributed by atoms with Gasteiger partial charge in [0, 0.05) is 0 Å². The van der Waals surface area contributed by atoms with E-state index in [0.717, 1.165) is 0 Å². The van der Waals surface area contributed by atoms with Gasteiger partial charge in [0.05, 0.1) is 6.61 Å². The quantitative estimate of drug-likeness (QED) is 0.586. The fourth-order valence-corrected chi connectivity index (χ4v) is 2.03. The second kappa shape index (κ2) is 2.66. The normalized spacial score (nSPS) is 54.6. The van der Waals surface area contributed by atoms with Crippen LogP contribution in [0.15, 0.2) is 0 Å². The summed E-state index contributed by atoms with van der Waals surface area (Å²) in [4.78, 5) is 0. The zero-order chi connectivity index (χ0) is 9.92. The third-order valence-electron chi connectivity index (χ3n) is 2.73. The molecule has 3 aliphatic heterocycles. The Morgan fingerprint density at radius 3 is 2.50 bits per heavy atom. The van der Waals surface area contributed by atoms with Crippen molar-refractivity contribution in [2.24, 2.45) is 0 Å². The molecule has 1 unspecified atom stereocenters. The zero-order valence-electron chi connectivity index (χ0n) is 8.10. The smallest absolute Gasteiger partial charge is 0.190 e. The maximum atomic E-state index is 13.8. The van der Waals surface area contributed by atoms with Gasteiger partial charge < -0.3 is 18.9 Å². The molecule has 4 nitrogen and oxygen atoms in total. The van der Waals surface area contributed by atoms with Crippen molar-refractivity contribution in [3.63, 3.8) is 0 Å². The lowest BCUT2D eigenvalue weighted by Crippen LogP contribution is -2.34. The number of hydrogen-bond donors (Lipinski definition) is 0. The maximum absolute atomic E-state index is 13.8. The van der Waals surface area contributed by atoms with Gasteiger partial charge in [-0.3, -0.25) is 0 Å². The van der Waals surface area contributed by atoms with Crippen LogP contribution in [0.1, 0.15) is 13.8 Å². The molecule has 14 heavy (non-hydrogen) atoms. The maximum Gasteiger partial charge on any atom is 0.190 e. The Hall–Kier alpha value is -0.230. The fourth-order valence-electron chi connectivity index (χ4n) is 2.03. The van der Waals surface area contributed by atoms with E-state index in [2.05, 4.69) is 0 Å². The molecule has 0 bridgehead atoms. The third-order valence-corrected chi connectivity index (χ3v) is 2.73. The molecule has 0 radical (unpaired) electrons. The molecule has 3 saturated heterocycles. The highest BCUT2D eigenvalue weighted by atomic mass is 19.1. The number of rotatable bonds is 1. The fraction of sp³-hybridized carbons (Fsp3) is 1.00. The summed E-state index contributed by atoms with van der Waals surface area (Å²) in [7, 11) is 0. The van der Waals surface area contributed by atoms with E-state index in [-0.39, 0.29) is 6.10 Å². The number of hydrogen-bond acceptors (Lipinski definition) is 4. The van der Waals surface area contributed by atoms with Gasteiger partial charge >= 0.3 is 0 Å². The van der Waals surface area contributed by atoms with Crippen LogP contribution < -0.4 is 0 Å². The van der Waals surface area contributed by atoms with Crippen LogP contribution in [0.2, 0.25) is 0 Å². The van der Waals surface area contributed by atoms with E-state index in [4.69, 9.17) is 18.9 Å². The first-order valence-corrected chi connectivity index (χ1v) is 4.84. The van der Waals surface area contributed by atoms with Crippen LogP contribution in [0.5, 0.6) is 0 Å². The first kappa shape index (κ1) is 9.03. The molecule has 0 aromatic heterocycles. The average molecular weight is 204 g/mol. The first-order valence-electron chi connectivity index (χ1n) is 4.84. The van der Waals surface area contributed by atoms with Crippen molar-refractivity contribution in [1.29, 1.82) is 0 Å². The van der Waals surface area contributed by atoms with Gasteiger partial charge in [0.2, 0.25) is 0 Å². The monoisotopic (exact) mass is 204 g/mol. The molecule has 5 heteroatoms. The van der Waals surface area contributed by atoms with Crippen molar-refractivity contribution in [2.45, 2.75) is 50.4 Å². The summed E-state index contributed by atoms with van der Waals surface area (Å²) in [6, 6.07) is 0. The van der Waals surface area contributed by atoms with E-state index >= 15 is 0 Å². The Labute approximate surface area is 81.3 Å². The van der Waals surface area contributed by atoms with E-state index in [1.807, 2.05) is 0 Å².